The number of hydrogen-bond donors (Lipinski definition) is 2. The molecule has 0 saturated carbocycles. The van der Waals surface area contributed by atoms with E-state index in [1.165, 1.54) is 19.2 Å². The van der Waals surface area contributed by atoms with Crippen molar-refractivity contribution in [3.8, 4) is 5.75 Å². The third-order valence-electron chi connectivity index (χ3n) is 5.29. The summed E-state index contributed by atoms with van der Waals surface area (Å²) in [5, 5.41) is 5.06. The monoisotopic (exact) mass is 460 g/mol. The Morgan fingerprint density at radius 3 is 2.24 bits per heavy atom. The van der Waals surface area contributed by atoms with Gasteiger partial charge in [0.15, 0.2) is 0 Å². The Bertz CT molecular complexity index is 1370. The van der Waals surface area contributed by atoms with Gasteiger partial charge in [-0.15, -0.1) is 0 Å². The van der Waals surface area contributed by atoms with Gasteiger partial charge in [-0.3, -0.25) is 9.52 Å². The predicted molar refractivity (Wildman–Crippen MR) is 130 cm³/mol. The zero-order chi connectivity index (χ0) is 23.3. The third-order valence-corrected chi connectivity index (χ3v) is 6.68. The molecule has 2 N–H and O–H groups in total. The van der Waals surface area contributed by atoms with Crippen LogP contribution in [0.5, 0.6) is 5.75 Å². The fourth-order valence-corrected chi connectivity index (χ4v) is 4.52. The lowest BCUT2D eigenvalue weighted by Gasteiger charge is -2.10. The largest absolute Gasteiger partial charge is 0.497 e. The molecule has 0 aliphatic carbocycles. The van der Waals surface area contributed by atoms with E-state index in [4.69, 9.17) is 4.74 Å². The van der Waals surface area contributed by atoms with Crippen molar-refractivity contribution in [1.82, 2.24) is 5.32 Å². The smallest absolute Gasteiger partial charge is 0.261 e. The average Bonchev–Trinajstić information content (AvgIpc) is 2.84. The number of hydrogen-bond acceptors (Lipinski definition) is 4. The highest BCUT2D eigenvalue weighted by atomic mass is 32.2. The summed E-state index contributed by atoms with van der Waals surface area (Å²) in [4.78, 5) is 12.6. The lowest BCUT2D eigenvalue weighted by Crippen LogP contribution is -2.25. The zero-order valence-corrected chi connectivity index (χ0v) is 18.9. The number of carbonyl (C=O) groups excluding carboxylic acids is 1. The lowest BCUT2D eigenvalue weighted by atomic mass is 10.1. The molecule has 0 fully saturated rings. The van der Waals surface area contributed by atoms with E-state index in [1.807, 2.05) is 54.6 Å². The van der Waals surface area contributed by atoms with E-state index >= 15 is 0 Å². The molecule has 4 aromatic carbocycles. The van der Waals surface area contributed by atoms with Gasteiger partial charge in [0.25, 0.3) is 15.9 Å². The van der Waals surface area contributed by atoms with Crippen LogP contribution in [0.25, 0.3) is 10.8 Å². The number of anilines is 1. The molecule has 0 atom stereocenters. The second-order valence-electron chi connectivity index (χ2n) is 7.55. The van der Waals surface area contributed by atoms with Crippen molar-refractivity contribution in [2.45, 2.75) is 11.3 Å². The molecule has 0 aliphatic rings. The number of fused-ring (bicyclic) bond motifs is 1. The summed E-state index contributed by atoms with van der Waals surface area (Å²) < 4.78 is 32.7. The average molecular weight is 461 g/mol. The molecule has 6 nitrogen and oxygen atoms in total. The van der Waals surface area contributed by atoms with Crippen LogP contribution in [0.1, 0.15) is 15.9 Å². The Kier molecular flexibility index (Phi) is 6.60. The Morgan fingerprint density at radius 1 is 0.848 bits per heavy atom. The van der Waals surface area contributed by atoms with Crippen LogP contribution in [0.15, 0.2) is 95.9 Å². The first-order chi connectivity index (χ1) is 15.9. The van der Waals surface area contributed by atoms with Gasteiger partial charge in [0.05, 0.1) is 12.0 Å². The molecule has 4 aromatic rings. The fourth-order valence-electron chi connectivity index (χ4n) is 3.46. The van der Waals surface area contributed by atoms with Crippen LogP contribution in [0.3, 0.4) is 0 Å². The van der Waals surface area contributed by atoms with Gasteiger partial charge in [0, 0.05) is 17.8 Å². The minimum Gasteiger partial charge on any atom is -0.497 e. The van der Waals surface area contributed by atoms with E-state index in [2.05, 4.69) is 10.0 Å². The van der Waals surface area contributed by atoms with Crippen molar-refractivity contribution in [1.29, 1.82) is 0 Å². The van der Waals surface area contributed by atoms with Gasteiger partial charge in [0.1, 0.15) is 5.75 Å². The van der Waals surface area contributed by atoms with Crippen LogP contribution in [-0.4, -0.2) is 28.0 Å². The third kappa shape index (κ3) is 5.51. The van der Waals surface area contributed by atoms with Crippen LogP contribution >= 0.6 is 0 Å². The van der Waals surface area contributed by atoms with E-state index in [0.29, 0.717) is 30.0 Å². The fraction of sp³-hybridized carbons (Fsp3) is 0.115. The molecule has 168 valence electrons. The molecule has 4 rings (SSSR count). The Labute approximate surface area is 193 Å². The van der Waals surface area contributed by atoms with Crippen LogP contribution in [0.2, 0.25) is 0 Å². The molecule has 0 saturated heterocycles. The van der Waals surface area contributed by atoms with E-state index in [9.17, 15) is 13.2 Å². The summed E-state index contributed by atoms with van der Waals surface area (Å²) in [6.45, 7) is 0.475. The number of amides is 1. The number of nitrogens with one attached hydrogen (secondary N) is 2. The van der Waals surface area contributed by atoms with Crippen molar-refractivity contribution in [3.63, 3.8) is 0 Å². The normalized spacial score (nSPS) is 11.2. The van der Waals surface area contributed by atoms with E-state index in [1.54, 1.807) is 24.3 Å². The van der Waals surface area contributed by atoms with Crippen molar-refractivity contribution in [2.24, 2.45) is 0 Å². The van der Waals surface area contributed by atoms with Crippen molar-refractivity contribution in [2.75, 3.05) is 18.4 Å². The molecule has 0 radical (unpaired) electrons. The summed E-state index contributed by atoms with van der Waals surface area (Å²) in [5.41, 5.74) is 2.08. The molecule has 7 heteroatoms. The quantitative estimate of drug-likeness (QED) is 0.402. The molecule has 0 spiro atoms. The summed E-state index contributed by atoms with van der Waals surface area (Å²) in [7, 11) is -2.16. The molecular formula is C26H24N2O4S. The number of benzene rings is 4. The van der Waals surface area contributed by atoms with Crippen LogP contribution < -0.4 is 14.8 Å². The van der Waals surface area contributed by atoms with Crippen LogP contribution in [0.4, 0.5) is 5.69 Å². The second-order valence-corrected chi connectivity index (χ2v) is 9.23. The summed E-state index contributed by atoms with van der Waals surface area (Å²) >= 11 is 0. The Hall–Kier alpha value is -3.84. The van der Waals surface area contributed by atoms with E-state index in [0.717, 1.165) is 16.3 Å². The zero-order valence-electron chi connectivity index (χ0n) is 18.1. The molecular weight excluding hydrogens is 436 g/mol. The Morgan fingerprint density at radius 2 is 1.55 bits per heavy atom. The van der Waals surface area contributed by atoms with Gasteiger partial charge in [-0.25, -0.2) is 8.42 Å². The first-order valence-corrected chi connectivity index (χ1v) is 12.0. The summed E-state index contributed by atoms with van der Waals surface area (Å²) in [6, 6.07) is 26.8. The number of rotatable bonds is 8. The number of sulfonamides is 1. The van der Waals surface area contributed by atoms with Gasteiger partial charge in [0.2, 0.25) is 0 Å². The molecule has 0 bridgehead atoms. The molecule has 0 unspecified atom stereocenters. The van der Waals surface area contributed by atoms with Crippen molar-refractivity contribution >= 4 is 32.4 Å². The number of methoxy groups -OCH3 is 1. The van der Waals surface area contributed by atoms with E-state index < -0.39 is 10.0 Å². The second kappa shape index (κ2) is 9.75. The minimum atomic E-state index is -3.69. The lowest BCUT2D eigenvalue weighted by molar-refractivity contribution is 0.0954. The maximum absolute atomic E-state index is 12.6. The molecule has 0 heterocycles. The van der Waals surface area contributed by atoms with Gasteiger partial charge in [-0.2, -0.15) is 0 Å². The standard InChI is InChI=1S/C26H24N2O4S/c1-32-24-12-14-25(15-13-24)33(30,31)28-23-10-6-19(7-11-23)16-17-27-26(29)22-9-8-20-4-2-3-5-21(20)18-22/h2-15,18,28H,16-17H2,1H3,(H,27,29). The SMILES string of the molecule is COc1ccc(S(=O)(=O)Nc2ccc(CCNC(=O)c3ccc4ccccc4c3)cc2)cc1. The highest BCUT2D eigenvalue weighted by molar-refractivity contribution is 7.92. The van der Waals surface area contributed by atoms with Gasteiger partial charge >= 0.3 is 0 Å². The maximum atomic E-state index is 12.6. The molecule has 0 aromatic heterocycles. The van der Waals surface area contributed by atoms with E-state index in [-0.39, 0.29) is 10.8 Å². The first kappa shape index (κ1) is 22.4. The van der Waals surface area contributed by atoms with Crippen LogP contribution in [-0.2, 0) is 16.4 Å². The predicted octanol–water partition coefficient (Wildman–Crippen LogP) is 4.62. The topological polar surface area (TPSA) is 84.5 Å². The highest BCUT2D eigenvalue weighted by Gasteiger charge is 2.14. The van der Waals surface area contributed by atoms with Gasteiger partial charge in [-0.05, 0) is 71.3 Å². The van der Waals surface area contributed by atoms with Gasteiger partial charge < -0.3 is 10.1 Å². The summed E-state index contributed by atoms with van der Waals surface area (Å²) in [5.74, 6) is 0.468. The van der Waals surface area contributed by atoms with Gasteiger partial charge in [-0.1, -0.05) is 42.5 Å². The molecule has 33 heavy (non-hydrogen) atoms. The highest BCUT2D eigenvalue weighted by Crippen LogP contribution is 2.20. The maximum Gasteiger partial charge on any atom is 0.261 e. The van der Waals surface area contributed by atoms with Crippen molar-refractivity contribution in [3.05, 3.63) is 102 Å². The van der Waals surface area contributed by atoms with Crippen LogP contribution in [0, 0.1) is 0 Å². The summed E-state index contributed by atoms with van der Waals surface area (Å²) in [6.07, 6.45) is 0.630. The first-order valence-electron chi connectivity index (χ1n) is 10.5. The van der Waals surface area contributed by atoms with Crippen molar-refractivity contribution < 1.29 is 17.9 Å². The number of ether oxygens (including phenoxy) is 1. The molecule has 0 aliphatic heterocycles. The minimum absolute atomic E-state index is 0.121. The number of carbonyl (C=O) groups is 1. The molecule has 1 amide bonds. The Balaban J connectivity index is 1.32.